The van der Waals surface area contributed by atoms with Gasteiger partial charge in [-0.15, -0.1) is 0 Å². The molecule has 2 N–H and O–H groups in total. The maximum atomic E-state index is 13.7. The number of nitrogens with zero attached hydrogens (tertiary/aromatic N) is 2. The van der Waals surface area contributed by atoms with Gasteiger partial charge in [-0.2, -0.15) is 0 Å². The summed E-state index contributed by atoms with van der Waals surface area (Å²) in [6.07, 6.45) is 2.99. The molecule has 0 saturated carbocycles. The van der Waals surface area contributed by atoms with Crippen LogP contribution in [0.25, 0.3) is 10.9 Å². The van der Waals surface area contributed by atoms with Gasteiger partial charge in [0.05, 0.1) is 23.1 Å². The van der Waals surface area contributed by atoms with Crippen molar-refractivity contribution in [2.45, 2.75) is 0 Å². The molecular formula is C21H14F2N4O. The Balaban J connectivity index is 1.53. The second-order valence-electron chi connectivity index (χ2n) is 5.99. The van der Waals surface area contributed by atoms with Crippen molar-refractivity contribution >= 4 is 33.9 Å². The fraction of sp³-hybridized carbons (Fsp3) is 0. The normalized spacial score (nSPS) is 10.6. The number of pyridine rings is 2. The predicted octanol–water partition coefficient (Wildman–Crippen LogP) is 4.90. The maximum absolute atomic E-state index is 13.7. The van der Waals surface area contributed by atoms with Crippen LogP contribution in [0.1, 0.15) is 10.5 Å². The lowest BCUT2D eigenvalue weighted by Gasteiger charge is -2.10. The van der Waals surface area contributed by atoms with Crippen molar-refractivity contribution in [3.8, 4) is 0 Å². The van der Waals surface area contributed by atoms with E-state index < -0.39 is 17.5 Å². The molecule has 1 amide bonds. The summed E-state index contributed by atoms with van der Waals surface area (Å²) < 4.78 is 27.4. The van der Waals surface area contributed by atoms with Gasteiger partial charge in [-0.3, -0.25) is 9.78 Å². The topological polar surface area (TPSA) is 66.9 Å². The highest BCUT2D eigenvalue weighted by atomic mass is 19.1. The van der Waals surface area contributed by atoms with E-state index in [4.69, 9.17) is 0 Å². The van der Waals surface area contributed by atoms with Gasteiger partial charge in [0.15, 0.2) is 0 Å². The summed E-state index contributed by atoms with van der Waals surface area (Å²) in [6.45, 7) is 0. The summed E-state index contributed by atoms with van der Waals surface area (Å²) in [6, 6.07) is 15.8. The van der Waals surface area contributed by atoms with Crippen LogP contribution in [0.2, 0.25) is 0 Å². The number of amides is 1. The molecule has 0 bridgehead atoms. The van der Waals surface area contributed by atoms with Gasteiger partial charge in [0.25, 0.3) is 5.91 Å². The Hall–Kier alpha value is -3.87. The molecule has 0 saturated heterocycles. The lowest BCUT2D eigenvalue weighted by Crippen LogP contribution is -2.14. The zero-order valence-electron chi connectivity index (χ0n) is 14.5. The van der Waals surface area contributed by atoms with Crippen LogP contribution in [0.3, 0.4) is 0 Å². The molecule has 0 aliphatic carbocycles. The Bertz CT molecular complexity index is 1140. The van der Waals surface area contributed by atoms with Gasteiger partial charge >= 0.3 is 0 Å². The minimum absolute atomic E-state index is 0.160. The Kier molecular flexibility index (Phi) is 4.63. The van der Waals surface area contributed by atoms with Crippen LogP contribution in [0.15, 0.2) is 73.1 Å². The quantitative estimate of drug-likeness (QED) is 0.531. The molecule has 138 valence electrons. The number of aromatic nitrogens is 2. The van der Waals surface area contributed by atoms with Crippen LogP contribution >= 0.6 is 0 Å². The SMILES string of the molecule is O=C(Nc1cccc2cccnc12)c1ccc(Nc2c(F)cccc2F)cn1. The van der Waals surface area contributed by atoms with Gasteiger partial charge in [-0.1, -0.05) is 24.3 Å². The van der Waals surface area contributed by atoms with E-state index in [-0.39, 0.29) is 11.4 Å². The van der Waals surface area contributed by atoms with Crippen LogP contribution in [0, 0.1) is 11.6 Å². The molecule has 7 heteroatoms. The highest BCUT2D eigenvalue weighted by molar-refractivity contribution is 6.07. The number of carbonyl (C=O) groups excluding carboxylic acids is 1. The largest absolute Gasteiger partial charge is 0.349 e. The molecule has 4 rings (SSSR count). The molecule has 2 aromatic heterocycles. The van der Waals surface area contributed by atoms with Crippen LogP contribution in [0.5, 0.6) is 0 Å². The minimum Gasteiger partial charge on any atom is -0.349 e. The average molecular weight is 376 g/mol. The molecular weight excluding hydrogens is 362 g/mol. The molecule has 2 aromatic carbocycles. The Labute approximate surface area is 159 Å². The number of carbonyl (C=O) groups is 1. The molecule has 0 atom stereocenters. The van der Waals surface area contributed by atoms with Crippen molar-refractivity contribution in [1.82, 2.24) is 9.97 Å². The van der Waals surface area contributed by atoms with Crippen molar-refractivity contribution in [2.24, 2.45) is 0 Å². The third kappa shape index (κ3) is 3.50. The summed E-state index contributed by atoms with van der Waals surface area (Å²) in [5.74, 6) is -1.85. The molecule has 0 unspecified atom stereocenters. The third-order valence-corrected chi connectivity index (χ3v) is 4.11. The number of anilines is 3. The van der Waals surface area contributed by atoms with Gasteiger partial charge in [0.1, 0.15) is 23.0 Å². The van der Waals surface area contributed by atoms with Crippen LogP contribution < -0.4 is 10.6 Å². The number of rotatable bonds is 4. The molecule has 28 heavy (non-hydrogen) atoms. The van der Waals surface area contributed by atoms with Crippen LogP contribution in [-0.2, 0) is 0 Å². The highest BCUT2D eigenvalue weighted by Crippen LogP contribution is 2.24. The maximum Gasteiger partial charge on any atom is 0.274 e. The van der Waals surface area contributed by atoms with E-state index in [9.17, 15) is 13.6 Å². The van der Waals surface area contributed by atoms with Crippen molar-refractivity contribution in [3.63, 3.8) is 0 Å². The standard InChI is InChI=1S/C21H14F2N4O/c22-15-6-2-7-16(23)20(15)26-14-9-10-18(25-12-14)21(28)27-17-8-1-4-13-5-3-11-24-19(13)17/h1-12,26H,(H,27,28). The second-order valence-corrected chi connectivity index (χ2v) is 5.99. The smallest absolute Gasteiger partial charge is 0.274 e. The molecule has 5 nitrogen and oxygen atoms in total. The summed E-state index contributed by atoms with van der Waals surface area (Å²) in [5.41, 5.74) is 1.48. The molecule has 0 radical (unpaired) electrons. The molecule has 0 spiro atoms. The third-order valence-electron chi connectivity index (χ3n) is 4.11. The van der Waals surface area contributed by atoms with E-state index in [1.165, 1.54) is 24.4 Å². The van der Waals surface area contributed by atoms with E-state index >= 15 is 0 Å². The van der Waals surface area contributed by atoms with Crippen molar-refractivity contribution in [2.75, 3.05) is 10.6 Å². The van der Waals surface area contributed by atoms with Gasteiger partial charge in [-0.05, 0) is 36.4 Å². The lowest BCUT2D eigenvalue weighted by atomic mass is 10.2. The minimum atomic E-state index is -0.717. The Morgan fingerprint density at radius 3 is 2.36 bits per heavy atom. The van der Waals surface area contributed by atoms with E-state index in [0.717, 1.165) is 17.5 Å². The number of halogens is 2. The van der Waals surface area contributed by atoms with Gasteiger partial charge < -0.3 is 10.6 Å². The summed E-state index contributed by atoms with van der Waals surface area (Å²) in [5, 5.41) is 6.31. The van der Waals surface area contributed by atoms with Gasteiger partial charge in [-0.25, -0.2) is 13.8 Å². The van der Waals surface area contributed by atoms with Crippen molar-refractivity contribution in [3.05, 3.63) is 90.4 Å². The van der Waals surface area contributed by atoms with Gasteiger partial charge in [0.2, 0.25) is 0 Å². The molecule has 0 fully saturated rings. The van der Waals surface area contributed by atoms with Crippen LogP contribution in [-0.4, -0.2) is 15.9 Å². The number of para-hydroxylation sites is 2. The summed E-state index contributed by atoms with van der Waals surface area (Å²) in [4.78, 5) is 20.9. The fourth-order valence-electron chi connectivity index (χ4n) is 2.76. The first-order valence-corrected chi connectivity index (χ1v) is 8.44. The lowest BCUT2D eigenvalue weighted by molar-refractivity contribution is 0.102. The first-order valence-electron chi connectivity index (χ1n) is 8.44. The second kappa shape index (κ2) is 7.40. The molecule has 2 heterocycles. The van der Waals surface area contributed by atoms with Gasteiger partial charge in [0, 0.05) is 11.6 Å². The van der Waals surface area contributed by atoms with E-state index in [1.807, 2.05) is 24.3 Å². The molecule has 0 aliphatic heterocycles. The predicted molar refractivity (Wildman–Crippen MR) is 104 cm³/mol. The van der Waals surface area contributed by atoms with Crippen molar-refractivity contribution in [1.29, 1.82) is 0 Å². The summed E-state index contributed by atoms with van der Waals surface area (Å²) in [7, 11) is 0. The number of fused-ring (bicyclic) bond motifs is 1. The first kappa shape index (κ1) is 17.5. The zero-order valence-corrected chi connectivity index (χ0v) is 14.5. The number of nitrogens with one attached hydrogen (secondary N) is 2. The molecule has 4 aromatic rings. The van der Waals surface area contributed by atoms with E-state index in [1.54, 1.807) is 12.3 Å². The van der Waals surface area contributed by atoms with Crippen molar-refractivity contribution < 1.29 is 13.6 Å². The Morgan fingerprint density at radius 1 is 0.857 bits per heavy atom. The van der Waals surface area contributed by atoms with E-state index in [2.05, 4.69) is 20.6 Å². The molecule has 0 aliphatic rings. The monoisotopic (exact) mass is 376 g/mol. The van der Waals surface area contributed by atoms with E-state index in [0.29, 0.717) is 16.9 Å². The fourth-order valence-corrected chi connectivity index (χ4v) is 2.76. The average Bonchev–Trinajstić information content (AvgIpc) is 2.71. The summed E-state index contributed by atoms with van der Waals surface area (Å²) >= 11 is 0. The highest BCUT2D eigenvalue weighted by Gasteiger charge is 2.12. The number of hydrogen-bond acceptors (Lipinski definition) is 4. The van der Waals surface area contributed by atoms with Crippen LogP contribution in [0.4, 0.5) is 25.8 Å². The zero-order chi connectivity index (χ0) is 19.5. The first-order chi connectivity index (χ1) is 13.6. The number of hydrogen-bond donors (Lipinski definition) is 2. The Morgan fingerprint density at radius 2 is 1.61 bits per heavy atom. The number of benzene rings is 2.